The Labute approximate surface area is 195 Å². The van der Waals surface area contributed by atoms with E-state index >= 15 is 0 Å². The average molecular weight is 515 g/mol. The number of benzene rings is 2. The minimum absolute atomic E-state index is 0.0157. The van der Waals surface area contributed by atoms with Crippen LogP contribution in [-0.4, -0.2) is 29.7 Å². The highest BCUT2D eigenvalue weighted by Crippen LogP contribution is 2.52. The van der Waals surface area contributed by atoms with Crippen molar-refractivity contribution in [1.29, 1.82) is 0 Å². The summed E-state index contributed by atoms with van der Waals surface area (Å²) in [5, 5.41) is 11.5. The van der Waals surface area contributed by atoms with Crippen molar-refractivity contribution in [2.24, 2.45) is 4.99 Å². The van der Waals surface area contributed by atoms with Crippen LogP contribution < -0.4 is 0 Å². The first-order chi connectivity index (χ1) is 14.5. The Morgan fingerprint density at radius 2 is 1.90 bits per heavy atom. The second kappa shape index (κ2) is 8.44. The first-order valence-electron chi connectivity index (χ1n) is 8.81. The van der Waals surface area contributed by atoms with Crippen molar-refractivity contribution in [3.05, 3.63) is 63.3 Å². The number of hydrogen-bond donors (Lipinski definition) is 3. The number of aliphatic imine (C=N–C) groups is 1. The van der Waals surface area contributed by atoms with Gasteiger partial charge in [-0.1, -0.05) is 35.1 Å². The maximum Gasteiger partial charge on any atom is 0.525 e. The van der Waals surface area contributed by atoms with Crippen molar-refractivity contribution < 1.29 is 24.0 Å². The summed E-state index contributed by atoms with van der Waals surface area (Å²) in [6, 6.07) is 11.8. The molecule has 1 aliphatic heterocycles. The van der Waals surface area contributed by atoms with Crippen LogP contribution in [0.5, 0.6) is 5.75 Å². The van der Waals surface area contributed by atoms with Gasteiger partial charge in [0.2, 0.25) is 0 Å². The lowest BCUT2D eigenvalue weighted by molar-refractivity contribution is 0.252. The van der Waals surface area contributed by atoms with Gasteiger partial charge in [-0.25, -0.2) is 14.5 Å². The maximum absolute atomic E-state index is 11.7. The van der Waals surface area contributed by atoms with Gasteiger partial charge in [0.05, 0.1) is 15.0 Å². The number of aromatic hydroxyl groups is 1. The molecular weight excluding hydrogens is 499 g/mol. The number of phenols is 1. The molecule has 0 unspecified atom stereocenters. The van der Waals surface area contributed by atoms with Crippen LogP contribution >= 0.6 is 54.3 Å². The van der Waals surface area contributed by atoms with Gasteiger partial charge < -0.3 is 9.63 Å². The number of phosphoric acid groups is 1. The molecule has 0 bridgehead atoms. The van der Waals surface area contributed by atoms with E-state index in [1.165, 1.54) is 23.1 Å². The van der Waals surface area contributed by atoms with E-state index in [-0.39, 0.29) is 10.8 Å². The molecular formula is C19H16ClN2O5PS3. The van der Waals surface area contributed by atoms with Crippen molar-refractivity contribution in [2.45, 2.75) is 23.5 Å². The van der Waals surface area contributed by atoms with Gasteiger partial charge in [-0.2, -0.15) is 0 Å². The van der Waals surface area contributed by atoms with Gasteiger partial charge in [-0.3, -0.25) is 9.79 Å². The quantitative estimate of drug-likeness (QED) is 0.216. The lowest BCUT2D eigenvalue weighted by atomic mass is 10.1. The molecule has 0 spiro atoms. The Hall–Kier alpha value is -1.52. The van der Waals surface area contributed by atoms with Gasteiger partial charge in [0.1, 0.15) is 21.5 Å². The number of nitrogens with zero attached hydrogens (tertiary/aromatic N) is 2. The standard InChI is InChI=1S/C19H16ClN2O5PS3/c1-19(2)15(18(27-28(24,25)26)29-12-6-3-10(20)4-7-12)22-17(31-19)16-21-13-8-5-11(23)9-14(13)30-16/h3-9,23H,1-2H3,(H2,24,25,26)/b18-15+. The minimum Gasteiger partial charge on any atom is -0.508 e. The summed E-state index contributed by atoms with van der Waals surface area (Å²) in [4.78, 5) is 28.9. The number of thiazole rings is 1. The van der Waals surface area contributed by atoms with E-state index in [1.807, 2.05) is 13.8 Å². The fraction of sp³-hybridized carbons (Fsp3) is 0.158. The third kappa shape index (κ3) is 5.28. The molecule has 3 aromatic rings. The summed E-state index contributed by atoms with van der Waals surface area (Å²) in [6.07, 6.45) is 0. The van der Waals surface area contributed by atoms with Crippen LogP contribution in [0.4, 0.5) is 0 Å². The van der Waals surface area contributed by atoms with Crippen LogP contribution in [0.15, 0.2) is 63.1 Å². The van der Waals surface area contributed by atoms with Gasteiger partial charge in [-0.05, 0) is 56.3 Å². The van der Waals surface area contributed by atoms with Gasteiger partial charge in [0.15, 0.2) is 5.09 Å². The number of rotatable bonds is 5. The minimum atomic E-state index is -4.82. The molecule has 31 heavy (non-hydrogen) atoms. The Morgan fingerprint density at radius 1 is 1.19 bits per heavy atom. The van der Waals surface area contributed by atoms with Crippen LogP contribution in [-0.2, 0) is 9.09 Å². The van der Waals surface area contributed by atoms with E-state index < -0.39 is 12.6 Å². The topological polar surface area (TPSA) is 112 Å². The summed E-state index contributed by atoms with van der Waals surface area (Å²) in [7, 11) is -4.82. The second-order valence-electron chi connectivity index (χ2n) is 6.97. The number of fused-ring (bicyclic) bond motifs is 1. The predicted molar refractivity (Wildman–Crippen MR) is 127 cm³/mol. The van der Waals surface area contributed by atoms with Gasteiger partial charge in [0.25, 0.3) is 0 Å². The Bertz CT molecular complexity index is 1270. The SMILES string of the molecule is CC1(C)SC(c2nc3ccc(O)cc3s2)=N/C1=C(\OP(=O)(O)O)Sc1ccc(Cl)cc1. The lowest BCUT2D eigenvalue weighted by Crippen LogP contribution is -2.15. The third-order valence-electron chi connectivity index (χ3n) is 4.11. The molecule has 2 heterocycles. The predicted octanol–water partition coefficient (Wildman–Crippen LogP) is 6.00. The molecule has 4 rings (SSSR count). The van der Waals surface area contributed by atoms with Gasteiger partial charge in [-0.15, -0.1) is 11.3 Å². The molecule has 0 aliphatic carbocycles. The zero-order chi connectivity index (χ0) is 22.4. The van der Waals surface area contributed by atoms with Crippen molar-refractivity contribution in [3.63, 3.8) is 0 Å². The molecule has 1 aromatic heterocycles. The molecule has 2 aromatic carbocycles. The number of phosphoric ester groups is 1. The summed E-state index contributed by atoms with van der Waals surface area (Å²) < 4.78 is 16.9. The molecule has 0 radical (unpaired) electrons. The number of phenolic OH excluding ortho intramolecular Hbond substituents is 1. The van der Waals surface area contributed by atoms with Crippen molar-refractivity contribution in [1.82, 2.24) is 4.98 Å². The van der Waals surface area contributed by atoms with Gasteiger partial charge >= 0.3 is 7.82 Å². The summed E-state index contributed by atoms with van der Waals surface area (Å²) in [5.74, 6) is 0.154. The van der Waals surface area contributed by atoms with E-state index in [9.17, 15) is 19.5 Å². The van der Waals surface area contributed by atoms with Crippen LogP contribution in [0.3, 0.4) is 0 Å². The number of hydrogen-bond acceptors (Lipinski definition) is 8. The highest BCUT2D eigenvalue weighted by Gasteiger charge is 2.39. The van der Waals surface area contributed by atoms with E-state index in [4.69, 9.17) is 16.1 Å². The van der Waals surface area contributed by atoms with E-state index in [0.717, 1.165) is 22.0 Å². The zero-order valence-corrected chi connectivity index (χ0v) is 20.2. The fourth-order valence-corrected chi connectivity index (χ4v) is 6.70. The average Bonchev–Trinajstić information content (AvgIpc) is 3.21. The van der Waals surface area contributed by atoms with Crippen LogP contribution in [0, 0.1) is 0 Å². The summed E-state index contributed by atoms with van der Waals surface area (Å²) in [6.45, 7) is 3.79. The first-order valence-corrected chi connectivity index (χ1v) is 13.2. The van der Waals surface area contributed by atoms with Crippen LogP contribution in [0.2, 0.25) is 5.02 Å². The highest BCUT2D eigenvalue weighted by molar-refractivity contribution is 8.16. The molecule has 3 N–H and O–H groups in total. The summed E-state index contributed by atoms with van der Waals surface area (Å²) in [5.41, 5.74) is 1.14. The molecule has 0 fully saturated rings. The maximum atomic E-state index is 11.7. The third-order valence-corrected chi connectivity index (χ3v) is 8.21. The lowest BCUT2D eigenvalue weighted by Gasteiger charge is -2.20. The smallest absolute Gasteiger partial charge is 0.508 e. The molecule has 0 saturated carbocycles. The van der Waals surface area contributed by atoms with Crippen molar-refractivity contribution in [2.75, 3.05) is 0 Å². The molecule has 0 saturated heterocycles. The second-order valence-corrected chi connectivity index (χ2v) is 12.3. The fourth-order valence-electron chi connectivity index (χ4n) is 2.76. The molecule has 7 nitrogen and oxygen atoms in total. The summed E-state index contributed by atoms with van der Waals surface area (Å²) >= 11 is 9.80. The first kappa shape index (κ1) is 22.7. The Morgan fingerprint density at radius 3 is 2.58 bits per heavy atom. The number of halogens is 1. The molecule has 0 amide bonds. The number of thioether (sulfide) groups is 2. The van der Waals surface area contributed by atoms with Gasteiger partial charge in [0, 0.05) is 9.92 Å². The van der Waals surface area contributed by atoms with Crippen molar-refractivity contribution >= 4 is 69.5 Å². The largest absolute Gasteiger partial charge is 0.525 e. The highest BCUT2D eigenvalue weighted by atomic mass is 35.5. The van der Waals surface area contributed by atoms with E-state index in [2.05, 4.69) is 9.98 Å². The van der Waals surface area contributed by atoms with Crippen molar-refractivity contribution in [3.8, 4) is 5.75 Å². The number of aromatic nitrogens is 1. The molecule has 162 valence electrons. The normalized spacial score (nSPS) is 17.6. The molecule has 1 aliphatic rings. The molecule has 12 heteroatoms. The monoisotopic (exact) mass is 514 g/mol. The Balaban J connectivity index is 1.79. The Kier molecular flexibility index (Phi) is 6.17. The van der Waals surface area contributed by atoms with Crippen LogP contribution in [0.25, 0.3) is 10.2 Å². The molecule has 0 atom stereocenters. The van der Waals surface area contributed by atoms with E-state index in [0.29, 0.717) is 25.7 Å². The van der Waals surface area contributed by atoms with E-state index in [1.54, 1.807) is 42.5 Å². The van der Waals surface area contributed by atoms with Crippen LogP contribution in [0.1, 0.15) is 18.9 Å². The zero-order valence-electron chi connectivity index (χ0n) is 16.1.